The number of nitrogens with zero attached hydrogens (tertiary/aromatic N) is 2. The number of benzene rings is 1. The van der Waals surface area contributed by atoms with E-state index < -0.39 is 11.5 Å². The minimum absolute atomic E-state index is 0.0483. The van der Waals surface area contributed by atoms with Crippen LogP contribution in [0.2, 0.25) is 0 Å². The van der Waals surface area contributed by atoms with Gasteiger partial charge in [-0.1, -0.05) is 55.7 Å². The minimum atomic E-state index is -1.31. The molecule has 1 aliphatic heterocycles. The average Bonchev–Trinajstić information content (AvgIpc) is 3.14. The number of rotatable bonds is 8. The van der Waals surface area contributed by atoms with E-state index in [0.29, 0.717) is 0 Å². The van der Waals surface area contributed by atoms with Gasteiger partial charge in [-0.3, -0.25) is 9.79 Å². The molecule has 0 saturated heterocycles. The van der Waals surface area contributed by atoms with Crippen molar-refractivity contribution in [1.82, 2.24) is 5.32 Å². The molecule has 2 aliphatic rings. The molecule has 1 aromatic rings. The molecule has 1 atom stereocenters. The average molecular weight is 456 g/mol. The molecule has 0 spiro atoms. The summed E-state index contributed by atoms with van der Waals surface area (Å²) in [4.78, 5) is 27.6. The predicted molar refractivity (Wildman–Crippen MR) is 131 cm³/mol. The molecule has 1 unspecified atom stereocenters. The van der Waals surface area contributed by atoms with Gasteiger partial charge in [0, 0.05) is 11.1 Å². The van der Waals surface area contributed by atoms with Gasteiger partial charge in [0.2, 0.25) is 0 Å². The number of carboxylic acid groups (broad SMARTS) is 1. The maximum Gasteiger partial charge on any atom is 0.253 e. The monoisotopic (exact) mass is 455 g/mol. The molecule has 1 fully saturated rings. The van der Waals surface area contributed by atoms with E-state index in [-0.39, 0.29) is 23.2 Å². The van der Waals surface area contributed by atoms with Gasteiger partial charge in [0.05, 0.1) is 25.6 Å². The molecule has 6 nitrogen and oxygen atoms in total. The standard InChI is InChI=1S/C14H20N2O3.C13H22N/c1-3-10(12(17)18)11-15-13(19)14(2,16-11)9-7-5-4-6-8-9;1-4-14(5-2,6-3)12-13-10-8-7-9-11-13/h3,9H,4-8H2,1-2H3,(H,17,18)(H,15,16,19);7-11H,4-6,12H2,1-3H3/q;+1/p-1. The van der Waals surface area contributed by atoms with Crippen molar-refractivity contribution in [2.75, 3.05) is 19.6 Å². The van der Waals surface area contributed by atoms with Crippen molar-refractivity contribution in [3.8, 4) is 0 Å². The first kappa shape index (κ1) is 26.8. The Morgan fingerprint density at radius 1 is 1.12 bits per heavy atom. The summed E-state index contributed by atoms with van der Waals surface area (Å²) >= 11 is 0. The van der Waals surface area contributed by atoms with Crippen LogP contribution in [0, 0.1) is 5.92 Å². The summed E-state index contributed by atoms with van der Waals surface area (Å²) in [5.74, 6) is -1.18. The normalized spacial score (nSPS) is 21.7. The summed E-state index contributed by atoms with van der Waals surface area (Å²) < 4.78 is 1.20. The third-order valence-electron chi connectivity index (χ3n) is 7.57. The molecule has 1 saturated carbocycles. The quantitative estimate of drug-likeness (QED) is 0.480. The SMILES string of the molecule is CC=C(C(=O)[O-])C1=NC(C)(C2CCCCC2)C(=O)N1.CC[N+](CC)(CC)Cc1ccccc1. The highest BCUT2D eigenvalue weighted by atomic mass is 16.4. The predicted octanol–water partition coefficient (Wildman–Crippen LogP) is 3.61. The van der Waals surface area contributed by atoms with E-state index in [2.05, 4.69) is 61.4 Å². The summed E-state index contributed by atoms with van der Waals surface area (Å²) in [6.45, 7) is 15.1. The molecule has 1 heterocycles. The Labute approximate surface area is 199 Å². The van der Waals surface area contributed by atoms with Crippen LogP contribution in [0.5, 0.6) is 0 Å². The van der Waals surface area contributed by atoms with Crippen LogP contribution in [0.3, 0.4) is 0 Å². The fourth-order valence-corrected chi connectivity index (χ4v) is 4.94. The summed E-state index contributed by atoms with van der Waals surface area (Å²) in [5, 5.41) is 13.6. The third-order valence-corrected chi connectivity index (χ3v) is 7.57. The summed E-state index contributed by atoms with van der Waals surface area (Å²) in [5.41, 5.74) is 0.574. The van der Waals surface area contributed by atoms with E-state index in [1.807, 2.05) is 0 Å². The molecular weight excluding hydrogens is 414 g/mol. The highest BCUT2D eigenvalue weighted by molar-refractivity contribution is 6.25. The number of carbonyl (C=O) groups is 2. The van der Waals surface area contributed by atoms with Gasteiger partial charge in [-0.25, -0.2) is 0 Å². The zero-order chi connectivity index (χ0) is 24.5. The van der Waals surface area contributed by atoms with Crippen LogP contribution in [0.15, 0.2) is 47.0 Å². The minimum Gasteiger partial charge on any atom is -0.545 e. The van der Waals surface area contributed by atoms with Crippen molar-refractivity contribution in [3.05, 3.63) is 47.5 Å². The Bertz CT molecular complexity index is 844. The second kappa shape index (κ2) is 12.1. The van der Waals surface area contributed by atoms with E-state index in [4.69, 9.17) is 0 Å². The molecule has 0 aromatic heterocycles. The van der Waals surface area contributed by atoms with Crippen LogP contribution in [0.4, 0.5) is 0 Å². The molecular formula is C27H41N3O3. The lowest BCUT2D eigenvalue weighted by Gasteiger charge is -2.35. The zero-order valence-electron chi connectivity index (χ0n) is 21.0. The van der Waals surface area contributed by atoms with Gasteiger partial charge in [0.15, 0.2) is 0 Å². The lowest BCUT2D eigenvalue weighted by atomic mass is 9.76. The maximum atomic E-state index is 12.2. The first-order valence-electron chi connectivity index (χ1n) is 12.4. The molecule has 0 bridgehead atoms. The Kier molecular flexibility index (Phi) is 9.84. The van der Waals surface area contributed by atoms with Crippen LogP contribution >= 0.6 is 0 Å². The van der Waals surface area contributed by atoms with Crippen LogP contribution in [-0.2, 0) is 16.1 Å². The van der Waals surface area contributed by atoms with Crippen molar-refractivity contribution in [1.29, 1.82) is 0 Å². The second-order valence-corrected chi connectivity index (χ2v) is 9.32. The van der Waals surface area contributed by atoms with Gasteiger partial charge < -0.3 is 19.7 Å². The van der Waals surface area contributed by atoms with Gasteiger partial charge in [0.25, 0.3) is 5.91 Å². The largest absolute Gasteiger partial charge is 0.545 e. The number of hydrogen-bond acceptors (Lipinski definition) is 4. The number of carboxylic acids is 1. The number of hydrogen-bond donors (Lipinski definition) is 1. The fourth-order valence-electron chi connectivity index (χ4n) is 4.94. The number of aliphatic carboxylic acids is 1. The topological polar surface area (TPSA) is 81.6 Å². The number of amides is 1. The Morgan fingerprint density at radius 2 is 1.70 bits per heavy atom. The first-order valence-corrected chi connectivity index (χ1v) is 12.4. The van der Waals surface area contributed by atoms with Crippen LogP contribution in [-0.4, -0.2) is 47.4 Å². The number of amidine groups is 1. The molecule has 33 heavy (non-hydrogen) atoms. The van der Waals surface area contributed by atoms with Gasteiger partial charge in [-0.2, -0.15) is 0 Å². The molecule has 1 aromatic carbocycles. The van der Waals surface area contributed by atoms with Crippen LogP contribution in [0.25, 0.3) is 0 Å². The van der Waals surface area contributed by atoms with Gasteiger partial charge in [-0.05, 0) is 53.4 Å². The molecule has 1 amide bonds. The van der Waals surface area contributed by atoms with Crippen LogP contribution < -0.4 is 10.4 Å². The number of allylic oxidation sites excluding steroid dienone is 1. The number of carbonyl (C=O) groups excluding carboxylic acids is 2. The molecule has 182 valence electrons. The van der Waals surface area contributed by atoms with E-state index in [9.17, 15) is 14.7 Å². The molecule has 6 heteroatoms. The molecule has 0 radical (unpaired) electrons. The van der Waals surface area contributed by atoms with Crippen molar-refractivity contribution in [2.24, 2.45) is 10.9 Å². The molecule has 1 aliphatic carbocycles. The Hall–Kier alpha value is -2.47. The highest BCUT2D eigenvalue weighted by Crippen LogP contribution is 2.37. The second-order valence-electron chi connectivity index (χ2n) is 9.32. The molecule has 3 rings (SSSR count). The zero-order valence-corrected chi connectivity index (χ0v) is 21.0. The van der Waals surface area contributed by atoms with Crippen molar-refractivity contribution < 1.29 is 19.2 Å². The number of aliphatic imine (C=N–C) groups is 1. The van der Waals surface area contributed by atoms with Crippen LogP contribution in [0.1, 0.15) is 72.3 Å². The van der Waals surface area contributed by atoms with Crippen molar-refractivity contribution in [2.45, 2.75) is 78.8 Å². The van der Waals surface area contributed by atoms with Crippen molar-refractivity contribution in [3.63, 3.8) is 0 Å². The van der Waals surface area contributed by atoms with Gasteiger partial charge >= 0.3 is 0 Å². The maximum absolute atomic E-state index is 12.2. The lowest BCUT2D eigenvalue weighted by molar-refractivity contribution is -0.936. The van der Waals surface area contributed by atoms with Gasteiger partial charge in [-0.15, -0.1) is 0 Å². The van der Waals surface area contributed by atoms with Crippen molar-refractivity contribution >= 4 is 17.7 Å². The smallest absolute Gasteiger partial charge is 0.253 e. The molecule has 1 N–H and O–H groups in total. The van der Waals surface area contributed by atoms with E-state index in [0.717, 1.165) is 25.7 Å². The van der Waals surface area contributed by atoms with E-state index in [1.165, 1.54) is 48.7 Å². The Balaban J connectivity index is 0.000000245. The number of nitrogens with one attached hydrogen (secondary N) is 1. The Morgan fingerprint density at radius 3 is 2.18 bits per heavy atom. The third kappa shape index (κ3) is 6.53. The summed E-state index contributed by atoms with van der Waals surface area (Å²) in [6.07, 6.45) is 6.75. The lowest BCUT2D eigenvalue weighted by Crippen LogP contribution is -2.46. The highest BCUT2D eigenvalue weighted by Gasteiger charge is 2.46. The van der Waals surface area contributed by atoms with Gasteiger partial charge in [0.1, 0.15) is 17.9 Å². The fraction of sp³-hybridized carbons (Fsp3) is 0.593. The summed E-state index contributed by atoms with van der Waals surface area (Å²) in [6, 6.07) is 10.8. The van der Waals surface area contributed by atoms with E-state index in [1.54, 1.807) is 13.8 Å². The first-order chi connectivity index (χ1) is 15.7. The number of quaternary nitrogens is 1. The summed E-state index contributed by atoms with van der Waals surface area (Å²) in [7, 11) is 0. The van der Waals surface area contributed by atoms with E-state index >= 15 is 0 Å².